The van der Waals surface area contributed by atoms with Crippen molar-refractivity contribution in [3.05, 3.63) is 103 Å². The highest BCUT2D eigenvalue weighted by atomic mass is 35.5. The summed E-state index contributed by atoms with van der Waals surface area (Å²) in [5, 5.41) is 12.5. The minimum Gasteiger partial charge on any atom is -0.351 e. The van der Waals surface area contributed by atoms with Gasteiger partial charge in [-0.15, -0.1) is 10.2 Å². The van der Waals surface area contributed by atoms with Crippen molar-refractivity contribution in [2.24, 2.45) is 0 Å². The van der Waals surface area contributed by atoms with E-state index in [0.29, 0.717) is 28.2 Å². The van der Waals surface area contributed by atoms with Gasteiger partial charge in [-0.05, 0) is 36.2 Å². The lowest BCUT2D eigenvalue weighted by Gasteiger charge is -2.11. The number of nitrogens with one attached hydrogen (secondary N) is 3. The van der Waals surface area contributed by atoms with Crippen molar-refractivity contribution < 1.29 is 4.79 Å². The molecule has 2 aromatic heterocycles. The van der Waals surface area contributed by atoms with Crippen molar-refractivity contribution in [2.75, 3.05) is 5.75 Å². The molecule has 4 rings (SSSR count). The van der Waals surface area contributed by atoms with Crippen LogP contribution in [0.4, 0.5) is 0 Å². The molecule has 0 saturated heterocycles. The molecule has 2 heterocycles. The Morgan fingerprint density at radius 1 is 1.09 bits per heavy atom. The molecule has 0 bridgehead atoms. The molecule has 0 aliphatic heterocycles. The Labute approximate surface area is 203 Å². The van der Waals surface area contributed by atoms with Crippen molar-refractivity contribution >= 4 is 29.3 Å². The van der Waals surface area contributed by atoms with Crippen molar-refractivity contribution in [3.8, 4) is 5.69 Å². The van der Waals surface area contributed by atoms with Crippen LogP contribution >= 0.6 is 23.4 Å². The largest absolute Gasteiger partial charge is 0.351 e. The van der Waals surface area contributed by atoms with E-state index in [1.165, 1.54) is 17.8 Å². The van der Waals surface area contributed by atoms with E-state index in [1.807, 2.05) is 54.0 Å². The average Bonchev–Trinajstić information content (AvgIpc) is 3.18. The van der Waals surface area contributed by atoms with Crippen LogP contribution in [0.25, 0.3) is 5.69 Å². The molecule has 0 atom stereocenters. The average molecular weight is 497 g/mol. The van der Waals surface area contributed by atoms with Crippen molar-refractivity contribution in [3.63, 3.8) is 0 Å². The third-order valence-corrected chi connectivity index (χ3v) is 6.19. The van der Waals surface area contributed by atoms with Crippen molar-refractivity contribution in [1.29, 1.82) is 0 Å². The fourth-order valence-corrected chi connectivity index (χ4v) is 4.34. The summed E-state index contributed by atoms with van der Waals surface area (Å²) in [6.45, 7) is 2.29. The van der Waals surface area contributed by atoms with Gasteiger partial charge in [-0.1, -0.05) is 53.7 Å². The van der Waals surface area contributed by atoms with E-state index in [-0.39, 0.29) is 18.1 Å². The number of halogens is 1. The normalized spacial score (nSPS) is 10.9. The predicted molar refractivity (Wildman–Crippen MR) is 131 cm³/mol. The Morgan fingerprint density at radius 2 is 1.91 bits per heavy atom. The van der Waals surface area contributed by atoms with Gasteiger partial charge < -0.3 is 10.3 Å². The molecule has 34 heavy (non-hydrogen) atoms. The first kappa shape index (κ1) is 23.5. The number of benzene rings is 2. The van der Waals surface area contributed by atoms with Crippen LogP contribution in [-0.2, 0) is 17.8 Å². The quantitative estimate of drug-likeness (QED) is 0.322. The molecule has 0 spiro atoms. The van der Waals surface area contributed by atoms with Crippen LogP contribution in [0, 0.1) is 6.92 Å². The highest BCUT2D eigenvalue weighted by molar-refractivity contribution is 7.99. The molecule has 0 fully saturated rings. The van der Waals surface area contributed by atoms with Gasteiger partial charge in [-0.3, -0.25) is 19.1 Å². The second kappa shape index (κ2) is 10.5. The summed E-state index contributed by atoms with van der Waals surface area (Å²) in [6, 6.07) is 16.4. The fraction of sp³-hybridized carbons (Fsp3) is 0.174. The number of thioether (sulfide) groups is 1. The first-order chi connectivity index (χ1) is 16.4. The van der Waals surface area contributed by atoms with Gasteiger partial charge in [0.1, 0.15) is 5.82 Å². The van der Waals surface area contributed by atoms with E-state index < -0.39 is 11.2 Å². The van der Waals surface area contributed by atoms with E-state index in [2.05, 4.69) is 25.5 Å². The van der Waals surface area contributed by atoms with Gasteiger partial charge in [0.25, 0.3) is 5.56 Å². The van der Waals surface area contributed by atoms with Crippen molar-refractivity contribution in [1.82, 2.24) is 30.0 Å². The fourth-order valence-electron chi connectivity index (χ4n) is 3.34. The molecule has 0 saturated carbocycles. The number of aromatic amines is 2. The molecule has 1 amide bonds. The van der Waals surface area contributed by atoms with Gasteiger partial charge in [-0.25, -0.2) is 4.79 Å². The van der Waals surface area contributed by atoms with Gasteiger partial charge in [0, 0.05) is 35.4 Å². The Bertz CT molecular complexity index is 1420. The van der Waals surface area contributed by atoms with Gasteiger partial charge in [0.2, 0.25) is 5.91 Å². The summed E-state index contributed by atoms with van der Waals surface area (Å²) < 4.78 is 1.82. The summed E-state index contributed by atoms with van der Waals surface area (Å²) >= 11 is 7.39. The molecule has 2 aromatic carbocycles. The summed E-state index contributed by atoms with van der Waals surface area (Å²) in [5.41, 5.74) is 2.00. The molecule has 4 aromatic rings. The number of carbonyl (C=O) groups excluding carboxylic acids is 1. The zero-order valence-corrected chi connectivity index (χ0v) is 19.7. The smallest absolute Gasteiger partial charge is 0.325 e. The maximum atomic E-state index is 12.5. The van der Waals surface area contributed by atoms with E-state index in [1.54, 1.807) is 6.07 Å². The molecule has 0 aliphatic rings. The van der Waals surface area contributed by atoms with Gasteiger partial charge in [-0.2, -0.15) is 0 Å². The number of carbonyl (C=O) groups is 1. The zero-order chi connectivity index (χ0) is 24.1. The van der Waals surface area contributed by atoms with Crippen LogP contribution in [0.5, 0.6) is 0 Å². The molecule has 0 radical (unpaired) electrons. The first-order valence-electron chi connectivity index (χ1n) is 10.4. The number of hydrogen-bond donors (Lipinski definition) is 3. The number of rotatable bonds is 8. The SMILES string of the molecule is Cc1cccc(-n2c(Cc3cc(=O)[nH]c(=O)[nH]3)nnc2SCC(=O)NCc2ccccc2Cl)c1. The minimum atomic E-state index is -0.589. The Kier molecular flexibility index (Phi) is 7.29. The Morgan fingerprint density at radius 3 is 2.68 bits per heavy atom. The van der Waals surface area contributed by atoms with E-state index in [0.717, 1.165) is 16.8 Å². The summed E-state index contributed by atoms with van der Waals surface area (Å²) in [5.74, 6) is 0.464. The van der Waals surface area contributed by atoms with Crippen LogP contribution in [0.1, 0.15) is 22.6 Å². The Balaban J connectivity index is 1.54. The van der Waals surface area contributed by atoms with Gasteiger partial charge in [0.15, 0.2) is 5.16 Å². The van der Waals surface area contributed by atoms with Crippen LogP contribution in [0.2, 0.25) is 5.02 Å². The number of aryl methyl sites for hydroxylation is 1. The lowest BCUT2D eigenvalue weighted by molar-refractivity contribution is -0.118. The topological polar surface area (TPSA) is 126 Å². The minimum absolute atomic E-state index is 0.121. The van der Waals surface area contributed by atoms with E-state index >= 15 is 0 Å². The molecule has 11 heteroatoms. The summed E-state index contributed by atoms with van der Waals surface area (Å²) in [6.07, 6.45) is 0.180. The highest BCUT2D eigenvalue weighted by Crippen LogP contribution is 2.24. The molecule has 0 unspecified atom stereocenters. The van der Waals surface area contributed by atoms with Crippen LogP contribution in [0.15, 0.2) is 69.3 Å². The molecular weight excluding hydrogens is 476 g/mol. The van der Waals surface area contributed by atoms with Crippen LogP contribution in [-0.4, -0.2) is 36.4 Å². The third-order valence-electron chi connectivity index (χ3n) is 4.89. The Hall–Kier alpha value is -3.63. The molecule has 0 aliphatic carbocycles. The number of H-pyrrole nitrogens is 2. The third kappa shape index (κ3) is 5.83. The highest BCUT2D eigenvalue weighted by Gasteiger charge is 2.17. The second-order valence-electron chi connectivity index (χ2n) is 7.52. The standard InChI is InChI=1S/C23H21ClN6O3S/c1-14-5-4-7-17(9-14)30-19(10-16-11-20(31)27-22(33)26-16)28-29-23(30)34-13-21(32)25-12-15-6-2-3-8-18(15)24/h2-9,11H,10,12-13H2,1H3,(H,25,32)(H2,26,27,31,33). The molecular formula is C23H21ClN6O3S. The van der Waals surface area contributed by atoms with Crippen LogP contribution in [0.3, 0.4) is 0 Å². The first-order valence-corrected chi connectivity index (χ1v) is 11.7. The predicted octanol–water partition coefficient (Wildman–Crippen LogP) is 2.61. The van der Waals surface area contributed by atoms with E-state index in [4.69, 9.17) is 11.6 Å². The lowest BCUT2D eigenvalue weighted by atomic mass is 10.2. The van der Waals surface area contributed by atoms with Crippen molar-refractivity contribution in [2.45, 2.75) is 25.0 Å². The number of aromatic nitrogens is 5. The number of nitrogens with zero attached hydrogens (tertiary/aromatic N) is 3. The number of amides is 1. The monoisotopic (exact) mass is 496 g/mol. The summed E-state index contributed by atoms with van der Waals surface area (Å²) in [4.78, 5) is 40.6. The van der Waals surface area contributed by atoms with Gasteiger partial charge in [0.05, 0.1) is 5.75 Å². The molecule has 174 valence electrons. The second-order valence-corrected chi connectivity index (χ2v) is 8.87. The van der Waals surface area contributed by atoms with E-state index in [9.17, 15) is 14.4 Å². The number of hydrogen-bond acceptors (Lipinski definition) is 6. The lowest BCUT2D eigenvalue weighted by Crippen LogP contribution is -2.25. The molecule has 3 N–H and O–H groups in total. The maximum Gasteiger partial charge on any atom is 0.325 e. The van der Waals surface area contributed by atoms with Crippen LogP contribution < -0.4 is 16.6 Å². The zero-order valence-electron chi connectivity index (χ0n) is 18.2. The maximum absolute atomic E-state index is 12.5. The summed E-state index contributed by atoms with van der Waals surface area (Å²) in [7, 11) is 0. The molecule has 9 nitrogen and oxygen atoms in total. The van der Waals surface area contributed by atoms with Gasteiger partial charge >= 0.3 is 5.69 Å².